The predicted molar refractivity (Wildman–Crippen MR) is 177 cm³/mol. The van der Waals surface area contributed by atoms with Gasteiger partial charge in [-0.05, 0) is 61.2 Å². The van der Waals surface area contributed by atoms with Crippen molar-refractivity contribution in [1.82, 2.24) is 24.5 Å². The molecule has 7 rings (SSSR count). The monoisotopic (exact) mass is 611 g/mol. The van der Waals surface area contributed by atoms with Crippen LogP contribution in [-0.4, -0.2) is 55.7 Å². The smallest absolute Gasteiger partial charge is 0.411 e. The van der Waals surface area contributed by atoms with Gasteiger partial charge in [-0.15, -0.1) is 0 Å². The number of hydrogen-bond acceptors (Lipinski definition) is 7. The van der Waals surface area contributed by atoms with Crippen molar-refractivity contribution in [2.75, 3.05) is 18.4 Å². The van der Waals surface area contributed by atoms with Gasteiger partial charge in [0.15, 0.2) is 11.3 Å². The molecule has 0 unspecified atom stereocenters. The number of benzene rings is 3. The minimum atomic E-state index is -0.514. The molecule has 1 aliphatic rings. The summed E-state index contributed by atoms with van der Waals surface area (Å²) in [4.78, 5) is 35.8. The summed E-state index contributed by atoms with van der Waals surface area (Å²) in [7, 11) is 0. The standard InChI is InChI=1S/C36H33N7O3/c1-23-19-32-38-21-28-20-31(25-5-3-2-4-6-25)33(40-35(28)43(32)41-23)26-9-7-24(8-10-26)22-42-17-15-30(16-18-42)46-36(45)39-29-13-11-27(12-14-29)34(37)44/h2-14,19-21,30H,15-18,22H2,1H3,(H2,37,44)(H,39,45). The lowest BCUT2D eigenvalue weighted by Crippen LogP contribution is -2.38. The van der Waals surface area contributed by atoms with E-state index in [1.165, 1.54) is 5.56 Å². The van der Waals surface area contributed by atoms with Gasteiger partial charge in [-0.25, -0.2) is 14.8 Å². The number of primary amides is 1. The number of carbonyl (C=O) groups is 2. The van der Waals surface area contributed by atoms with Crippen molar-refractivity contribution in [1.29, 1.82) is 0 Å². The lowest BCUT2D eigenvalue weighted by atomic mass is 9.97. The first kappa shape index (κ1) is 29.1. The van der Waals surface area contributed by atoms with Crippen LogP contribution < -0.4 is 11.1 Å². The third kappa shape index (κ3) is 6.15. The molecule has 0 radical (unpaired) electrons. The number of amides is 2. The molecule has 0 atom stereocenters. The van der Waals surface area contributed by atoms with Crippen LogP contribution in [0.1, 0.15) is 34.5 Å². The molecule has 1 aliphatic heterocycles. The Morgan fingerprint density at radius 3 is 2.39 bits per heavy atom. The van der Waals surface area contributed by atoms with Crippen LogP contribution in [0.5, 0.6) is 0 Å². The molecule has 0 bridgehead atoms. The summed E-state index contributed by atoms with van der Waals surface area (Å²) in [5.74, 6) is -0.514. The Bertz CT molecular complexity index is 2030. The number of piperidine rings is 1. The van der Waals surface area contributed by atoms with Crippen LogP contribution in [0.3, 0.4) is 0 Å². The molecule has 10 nitrogen and oxygen atoms in total. The first-order valence-electron chi connectivity index (χ1n) is 15.3. The fourth-order valence-electron chi connectivity index (χ4n) is 5.94. The molecule has 0 spiro atoms. The molecule has 4 heterocycles. The third-order valence-corrected chi connectivity index (χ3v) is 8.32. The molecule has 230 valence electrons. The normalized spacial score (nSPS) is 14.0. The van der Waals surface area contributed by atoms with Gasteiger partial charge in [0.05, 0.1) is 11.4 Å². The number of aryl methyl sites for hydroxylation is 1. The summed E-state index contributed by atoms with van der Waals surface area (Å²) in [5, 5.41) is 8.29. The summed E-state index contributed by atoms with van der Waals surface area (Å²) >= 11 is 0. The Morgan fingerprint density at radius 2 is 1.67 bits per heavy atom. The molecule has 46 heavy (non-hydrogen) atoms. The lowest BCUT2D eigenvalue weighted by molar-refractivity contribution is 0.0567. The number of nitrogens with zero attached hydrogens (tertiary/aromatic N) is 5. The van der Waals surface area contributed by atoms with Gasteiger partial charge in [0.2, 0.25) is 5.91 Å². The number of nitrogens with two attached hydrogens (primary N) is 1. The van der Waals surface area contributed by atoms with Gasteiger partial charge in [0, 0.05) is 59.7 Å². The molecule has 3 aromatic heterocycles. The number of carbonyl (C=O) groups excluding carboxylic acids is 2. The van der Waals surface area contributed by atoms with Gasteiger partial charge in [-0.2, -0.15) is 9.61 Å². The molecular formula is C36H33N7O3. The van der Waals surface area contributed by atoms with Gasteiger partial charge in [-0.1, -0.05) is 54.6 Å². The SMILES string of the molecule is Cc1cc2ncc3cc(-c4ccccc4)c(-c4ccc(CN5CCC(OC(=O)Nc6ccc(C(N)=O)cc6)CC5)cc4)nc3n2n1. The van der Waals surface area contributed by atoms with Crippen molar-refractivity contribution in [2.45, 2.75) is 32.4 Å². The van der Waals surface area contributed by atoms with E-state index in [1.807, 2.05) is 41.9 Å². The molecule has 0 aliphatic carbocycles. The van der Waals surface area contributed by atoms with Crippen LogP contribution in [0.25, 0.3) is 39.1 Å². The van der Waals surface area contributed by atoms with E-state index in [2.05, 4.69) is 62.8 Å². The van der Waals surface area contributed by atoms with Gasteiger partial charge >= 0.3 is 6.09 Å². The van der Waals surface area contributed by atoms with Gasteiger partial charge in [-0.3, -0.25) is 15.0 Å². The molecule has 2 amide bonds. The summed E-state index contributed by atoms with van der Waals surface area (Å²) in [5.41, 5.74) is 13.9. The van der Waals surface area contributed by atoms with E-state index in [0.29, 0.717) is 11.3 Å². The summed E-state index contributed by atoms with van der Waals surface area (Å²) in [6.07, 6.45) is 2.72. The zero-order valence-electron chi connectivity index (χ0n) is 25.4. The average Bonchev–Trinajstić information content (AvgIpc) is 3.47. The number of nitrogens with one attached hydrogen (secondary N) is 1. The van der Waals surface area contributed by atoms with Crippen LogP contribution in [-0.2, 0) is 11.3 Å². The number of likely N-dealkylation sites (tertiary alicyclic amines) is 1. The predicted octanol–water partition coefficient (Wildman–Crippen LogP) is 6.23. The van der Waals surface area contributed by atoms with E-state index in [4.69, 9.17) is 15.5 Å². The highest BCUT2D eigenvalue weighted by Crippen LogP contribution is 2.34. The molecule has 1 saturated heterocycles. The number of pyridine rings is 1. The quantitative estimate of drug-likeness (QED) is 0.219. The number of anilines is 1. The zero-order chi connectivity index (χ0) is 31.6. The molecule has 1 fully saturated rings. The maximum Gasteiger partial charge on any atom is 0.411 e. The highest BCUT2D eigenvalue weighted by Gasteiger charge is 2.23. The second kappa shape index (κ2) is 12.4. The van der Waals surface area contributed by atoms with Crippen LogP contribution in [0.2, 0.25) is 0 Å². The van der Waals surface area contributed by atoms with Gasteiger partial charge in [0.1, 0.15) is 6.10 Å². The number of aromatic nitrogens is 4. The van der Waals surface area contributed by atoms with Gasteiger partial charge in [0.25, 0.3) is 0 Å². The Kier molecular flexibility index (Phi) is 7.86. The van der Waals surface area contributed by atoms with E-state index >= 15 is 0 Å². The van der Waals surface area contributed by atoms with Crippen LogP contribution in [0.4, 0.5) is 10.5 Å². The van der Waals surface area contributed by atoms with E-state index in [-0.39, 0.29) is 6.10 Å². The topological polar surface area (TPSA) is 128 Å². The first-order chi connectivity index (χ1) is 22.4. The van der Waals surface area contributed by atoms with E-state index in [1.54, 1.807) is 24.3 Å². The average molecular weight is 612 g/mol. The second-order valence-corrected chi connectivity index (χ2v) is 11.6. The molecule has 3 aromatic carbocycles. The van der Waals surface area contributed by atoms with Crippen LogP contribution >= 0.6 is 0 Å². The fraction of sp³-hybridized carbons (Fsp3) is 0.194. The molecule has 3 N–H and O–H groups in total. The lowest BCUT2D eigenvalue weighted by Gasteiger charge is -2.31. The summed E-state index contributed by atoms with van der Waals surface area (Å²) < 4.78 is 7.47. The molecular weight excluding hydrogens is 578 g/mol. The van der Waals surface area contributed by atoms with Crippen molar-refractivity contribution in [3.8, 4) is 22.4 Å². The number of fused-ring (bicyclic) bond motifs is 3. The Balaban J connectivity index is 1.02. The Morgan fingerprint density at radius 1 is 0.935 bits per heavy atom. The maximum absolute atomic E-state index is 12.4. The van der Waals surface area contributed by atoms with Gasteiger partial charge < -0.3 is 10.5 Å². The first-order valence-corrected chi connectivity index (χ1v) is 15.3. The van der Waals surface area contributed by atoms with Crippen molar-refractivity contribution in [3.63, 3.8) is 0 Å². The maximum atomic E-state index is 12.4. The van der Waals surface area contributed by atoms with Crippen molar-refractivity contribution in [3.05, 3.63) is 114 Å². The zero-order valence-corrected chi connectivity index (χ0v) is 25.4. The van der Waals surface area contributed by atoms with E-state index < -0.39 is 12.0 Å². The van der Waals surface area contributed by atoms with Crippen LogP contribution in [0, 0.1) is 6.92 Å². The minimum absolute atomic E-state index is 0.154. The highest BCUT2D eigenvalue weighted by atomic mass is 16.6. The number of ether oxygens (including phenoxy) is 1. The molecule has 0 saturated carbocycles. The number of hydrogen-bond donors (Lipinski definition) is 2. The summed E-state index contributed by atoms with van der Waals surface area (Å²) in [6, 6.07) is 29.4. The van der Waals surface area contributed by atoms with Crippen molar-refractivity contribution < 1.29 is 14.3 Å². The molecule has 6 aromatic rings. The minimum Gasteiger partial charge on any atom is -0.446 e. The Hall–Kier alpha value is -5.61. The van der Waals surface area contributed by atoms with E-state index in [0.717, 1.165) is 77.2 Å². The highest BCUT2D eigenvalue weighted by molar-refractivity contribution is 5.94. The van der Waals surface area contributed by atoms with E-state index in [9.17, 15) is 9.59 Å². The van der Waals surface area contributed by atoms with Crippen molar-refractivity contribution >= 4 is 34.4 Å². The number of rotatable bonds is 7. The third-order valence-electron chi connectivity index (χ3n) is 8.32. The Labute approximate surface area is 265 Å². The summed E-state index contributed by atoms with van der Waals surface area (Å²) in [6.45, 7) is 4.41. The molecule has 10 heteroatoms. The largest absolute Gasteiger partial charge is 0.446 e. The van der Waals surface area contributed by atoms with Crippen molar-refractivity contribution in [2.24, 2.45) is 5.73 Å². The van der Waals surface area contributed by atoms with Crippen LogP contribution in [0.15, 0.2) is 97.2 Å². The fourth-order valence-corrected chi connectivity index (χ4v) is 5.94. The second-order valence-electron chi connectivity index (χ2n) is 11.6.